The molecular weight excluding hydrogens is 389 g/mol. The third-order valence-electron chi connectivity index (χ3n) is 5.87. The smallest absolute Gasteiger partial charge is 0.325 e. The Bertz CT molecular complexity index is 1130. The van der Waals surface area contributed by atoms with Gasteiger partial charge in [-0.05, 0) is 25.0 Å². The lowest BCUT2D eigenvalue weighted by molar-refractivity contribution is 0.196. The zero-order chi connectivity index (χ0) is 20.2. The summed E-state index contributed by atoms with van der Waals surface area (Å²) in [5, 5.41) is 7.34. The Kier molecular flexibility index (Phi) is 3.88. The number of nitrogens with one attached hydrogen (secondary N) is 1. The molecule has 0 spiro atoms. The number of urea groups is 1. The largest absolute Gasteiger partial charge is 0.339 e. The fourth-order valence-corrected chi connectivity index (χ4v) is 4.13. The van der Waals surface area contributed by atoms with Gasteiger partial charge in [-0.25, -0.2) is 14.2 Å². The van der Waals surface area contributed by atoms with E-state index in [2.05, 4.69) is 20.4 Å². The number of aromatic nitrogens is 4. The van der Waals surface area contributed by atoms with Crippen molar-refractivity contribution in [1.29, 1.82) is 0 Å². The van der Waals surface area contributed by atoms with Gasteiger partial charge in [-0.3, -0.25) is 9.47 Å². The quantitative estimate of drug-likeness (QED) is 0.698. The molecule has 2 aromatic heterocycles. The predicted octanol–water partition coefficient (Wildman–Crippen LogP) is 2.28. The molecule has 0 atom stereocenters. The first-order chi connectivity index (χ1) is 14.7. The standard InChI is InChI=1S/C20H20FN7O2/c21-13-2-1-3-14-17(13)27(20(29)26-8-6-22-7-9-26)10-15-16(23-11-28(14)15)18-24-19(30-25-18)12-4-5-12/h1-3,11-12,22H,4-10H2. The van der Waals surface area contributed by atoms with Gasteiger partial charge in [-0.1, -0.05) is 11.2 Å². The molecule has 1 N–H and O–H groups in total. The van der Waals surface area contributed by atoms with Gasteiger partial charge in [0.05, 0.1) is 17.9 Å². The first kappa shape index (κ1) is 17.6. The van der Waals surface area contributed by atoms with E-state index in [1.54, 1.807) is 23.4 Å². The summed E-state index contributed by atoms with van der Waals surface area (Å²) in [5.74, 6) is 0.931. The zero-order valence-electron chi connectivity index (χ0n) is 16.2. The summed E-state index contributed by atoms with van der Waals surface area (Å²) in [6, 6.07) is 4.58. The summed E-state index contributed by atoms with van der Waals surface area (Å²) in [4.78, 5) is 25.6. The van der Waals surface area contributed by atoms with Gasteiger partial charge < -0.3 is 14.7 Å². The van der Waals surface area contributed by atoms with Crippen molar-refractivity contribution < 1.29 is 13.7 Å². The molecule has 2 aliphatic heterocycles. The molecule has 0 unspecified atom stereocenters. The molecule has 4 heterocycles. The van der Waals surface area contributed by atoms with E-state index in [4.69, 9.17) is 4.52 Å². The van der Waals surface area contributed by atoms with Gasteiger partial charge in [0.2, 0.25) is 11.7 Å². The van der Waals surface area contributed by atoms with Crippen LogP contribution in [0.3, 0.4) is 0 Å². The summed E-state index contributed by atoms with van der Waals surface area (Å²) in [6.45, 7) is 2.79. The van der Waals surface area contributed by atoms with Gasteiger partial charge in [0, 0.05) is 32.1 Å². The van der Waals surface area contributed by atoms with E-state index in [0.29, 0.717) is 42.1 Å². The molecule has 1 saturated carbocycles. The van der Waals surface area contributed by atoms with Crippen LogP contribution in [0.15, 0.2) is 29.0 Å². The molecule has 9 nitrogen and oxygen atoms in total. The Labute approximate surface area is 171 Å². The van der Waals surface area contributed by atoms with E-state index in [0.717, 1.165) is 31.6 Å². The number of amides is 2. The van der Waals surface area contributed by atoms with Crippen LogP contribution in [0.2, 0.25) is 0 Å². The summed E-state index contributed by atoms with van der Waals surface area (Å²) < 4.78 is 22.1. The number of fused-ring (bicyclic) bond motifs is 3. The average Bonchev–Trinajstić information content (AvgIpc) is 3.35. The van der Waals surface area contributed by atoms with E-state index >= 15 is 0 Å². The maximum Gasteiger partial charge on any atom is 0.325 e. The number of nitrogens with zero attached hydrogens (tertiary/aromatic N) is 6. The van der Waals surface area contributed by atoms with Gasteiger partial charge >= 0.3 is 6.03 Å². The molecule has 1 saturated heterocycles. The number of carbonyl (C=O) groups excluding carboxylic acids is 1. The van der Waals surface area contributed by atoms with Crippen molar-refractivity contribution in [1.82, 2.24) is 29.9 Å². The fraction of sp³-hybridized carbons (Fsp3) is 0.400. The van der Waals surface area contributed by atoms with Gasteiger partial charge in [-0.2, -0.15) is 4.98 Å². The molecular formula is C20H20FN7O2. The molecule has 2 amide bonds. The monoisotopic (exact) mass is 409 g/mol. The molecule has 1 aromatic carbocycles. The first-order valence-corrected chi connectivity index (χ1v) is 10.2. The number of anilines is 1. The van der Waals surface area contributed by atoms with Gasteiger partial charge in [0.25, 0.3) is 0 Å². The van der Waals surface area contributed by atoms with Crippen LogP contribution in [0, 0.1) is 5.82 Å². The number of benzene rings is 1. The number of piperazine rings is 1. The van der Waals surface area contributed by atoms with E-state index in [-0.39, 0.29) is 18.3 Å². The number of para-hydroxylation sites is 1. The predicted molar refractivity (Wildman–Crippen MR) is 105 cm³/mol. The third kappa shape index (κ3) is 2.71. The minimum absolute atomic E-state index is 0.180. The van der Waals surface area contributed by atoms with Gasteiger partial charge in [-0.15, -0.1) is 0 Å². The third-order valence-corrected chi connectivity index (χ3v) is 5.87. The van der Waals surface area contributed by atoms with Crippen molar-refractivity contribution in [3.05, 3.63) is 41.9 Å². The van der Waals surface area contributed by atoms with E-state index < -0.39 is 5.82 Å². The summed E-state index contributed by atoms with van der Waals surface area (Å²) in [5.41, 5.74) is 2.13. The molecule has 3 aliphatic rings. The Hall–Kier alpha value is -3.27. The minimum Gasteiger partial charge on any atom is -0.339 e. The van der Waals surface area contributed by atoms with Crippen molar-refractivity contribution in [2.45, 2.75) is 25.3 Å². The highest BCUT2D eigenvalue weighted by Gasteiger charge is 2.36. The lowest BCUT2D eigenvalue weighted by Crippen LogP contribution is -2.52. The number of hydrogen-bond donors (Lipinski definition) is 1. The van der Waals surface area contributed by atoms with Crippen LogP contribution in [0.4, 0.5) is 14.9 Å². The van der Waals surface area contributed by atoms with Crippen LogP contribution in [-0.4, -0.2) is 56.8 Å². The van der Waals surface area contributed by atoms with Gasteiger partial charge in [0.1, 0.15) is 23.5 Å². The van der Waals surface area contributed by atoms with Crippen molar-refractivity contribution in [2.24, 2.45) is 0 Å². The lowest BCUT2D eigenvalue weighted by atomic mass is 10.1. The summed E-state index contributed by atoms with van der Waals surface area (Å²) >= 11 is 0. The Morgan fingerprint density at radius 2 is 2.07 bits per heavy atom. The van der Waals surface area contributed by atoms with Crippen LogP contribution in [0.25, 0.3) is 17.2 Å². The van der Waals surface area contributed by atoms with E-state index in [9.17, 15) is 9.18 Å². The number of imidazole rings is 1. The second-order valence-electron chi connectivity index (χ2n) is 7.85. The lowest BCUT2D eigenvalue weighted by Gasteiger charge is -2.36. The Morgan fingerprint density at radius 1 is 1.23 bits per heavy atom. The fourth-order valence-electron chi connectivity index (χ4n) is 4.13. The Morgan fingerprint density at radius 3 is 2.87 bits per heavy atom. The van der Waals surface area contributed by atoms with E-state index in [1.165, 1.54) is 11.0 Å². The van der Waals surface area contributed by atoms with Crippen LogP contribution in [-0.2, 0) is 6.54 Å². The highest BCUT2D eigenvalue weighted by molar-refractivity contribution is 5.95. The molecule has 0 radical (unpaired) electrons. The van der Waals surface area contributed by atoms with Crippen molar-refractivity contribution in [3.63, 3.8) is 0 Å². The number of halogens is 1. The molecule has 2 fully saturated rings. The van der Waals surface area contributed by atoms with Crippen molar-refractivity contribution in [2.75, 3.05) is 31.1 Å². The number of rotatable bonds is 2. The molecule has 3 aromatic rings. The first-order valence-electron chi connectivity index (χ1n) is 10.2. The van der Waals surface area contributed by atoms with Gasteiger partial charge in [0.15, 0.2) is 0 Å². The number of carbonyl (C=O) groups is 1. The van der Waals surface area contributed by atoms with Crippen molar-refractivity contribution in [3.8, 4) is 17.2 Å². The second-order valence-corrected chi connectivity index (χ2v) is 7.85. The average molecular weight is 409 g/mol. The van der Waals surface area contributed by atoms with E-state index in [1.807, 2.05) is 4.57 Å². The van der Waals surface area contributed by atoms with Crippen LogP contribution >= 0.6 is 0 Å². The summed E-state index contributed by atoms with van der Waals surface area (Å²) in [6.07, 6.45) is 3.74. The molecule has 10 heteroatoms. The van der Waals surface area contributed by atoms with Crippen LogP contribution in [0.5, 0.6) is 0 Å². The van der Waals surface area contributed by atoms with Crippen LogP contribution in [0.1, 0.15) is 30.3 Å². The molecule has 30 heavy (non-hydrogen) atoms. The molecule has 6 rings (SSSR count). The SMILES string of the molecule is O=C(N1CCNCC1)N1Cc2c(-c3noc(C4CC4)n3)ncn2-c2cccc(F)c21. The zero-order valence-corrected chi connectivity index (χ0v) is 16.2. The Balaban J connectivity index is 1.44. The van der Waals surface area contributed by atoms with Crippen molar-refractivity contribution >= 4 is 11.7 Å². The highest BCUT2D eigenvalue weighted by Crippen LogP contribution is 2.41. The minimum atomic E-state index is -0.438. The topological polar surface area (TPSA) is 92.3 Å². The maximum atomic E-state index is 14.9. The van der Waals surface area contributed by atoms with Crippen LogP contribution < -0.4 is 10.2 Å². The molecule has 1 aliphatic carbocycles. The number of hydrogen-bond acceptors (Lipinski definition) is 6. The highest BCUT2D eigenvalue weighted by atomic mass is 19.1. The molecule has 154 valence electrons. The normalized spacial score (nSPS) is 18.3. The maximum absolute atomic E-state index is 14.9. The second kappa shape index (κ2) is 6.63. The summed E-state index contributed by atoms with van der Waals surface area (Å²) in [7, 11) is 0. The molecule has 0 bridgehead atoms.